The van der Waals surface area contributed by atoms with Crippen molar-refractivity contribution in [3.05, 3.63) is 23.8 Å². The van der Waals surface area contributed by atoms with Crippen LogP contribution in [0.15, 0.2) is 18.2 Å². The van der Waals surface area contributed by atoms with Crippen LogP contribution >= 0.6 is 0 Å². The summed E-state index contributed by atoms with van der Waals surface area (Å²) in [6.07, 6.45) is 0. The first-order valence-corrected chi connectivity index (χ1v) is 6.85. The fraction of sp³-hybridized carbons (Fsp3) is 0.467. The van der Waals surface area contributed by atoms with E-state index in [1.807, 2.05) is 26.2 Å². The highest BCUT2D eigenvalue weighted by Crippen LogP contribution is 2.29. The number of amides is 1. The van der Waals surface area contributed by atoms with E-state index in [2.05, 4.69) is 29.0 Å². The van der Waals surface area contributed by atoms with Gasteiger partial charge in [0.1, 0.15) is 0 Å². The molecule has 1 heterocycles. The number of nitrogens with one attached hydrogen (secondary N) is 1. The minimum atomic E-state index is -0.540. The topological polar surface area (TPSA) is 52.7 Å². The second-order valence-electron chi connectivity index (χ2n) is 5.41. The second kappa shape index (κ2) is 5.63. The number of rotatable bonds is 5. The molecule has 108 valence electrons. The van der Waals surface area contributed by atoms with Gasteiger partial charge in [-0.05, 0) is 46.1 Å². The first kappa shape index (κ1) is 14.5. The van der Waals surface area contributed by atoms with Gasteiger partial charge in [0.25, 0.3) is 11.7 Å². The van der Waals surface area contributed by atoms with Crippen molar-refractivity contribution in [2.45, 2.75) is 19.9 Å². The molecule has 0 fully saturated rings. The van der Waals surface area contributed by atoms with E-state index in [1.54, 1.807) is 6.07 Å². The van der Waals surface area contributed by atoms with Gasteiger partial charge in [-0.15, -0.1) is 0 Å². The fourth-order valence-electron chi connectivity index (χ4n) is 2.69. The molecule has 20 heavy (non-hydrogen) atoms. The molecule has 0 bridgehead atoms. The predicted molar refractivity (Wildman–Crippen MR) is 80.4 cm³/mol. The Bertz CT molecular complexity index is 540. The van der Waals surface area contributed by atoms with Crippen LogP contribution in [0.4, 0.5) is 11.4 Å². The molecule has 1 aliphatic heterocycles. The molecule has 1 N–H and O–H groups in total. The normalized spacial score (nSPS) is 15.2. The Balaban J connectivity index is 2.27. The Labute approximate surface area is 119 Å². The van der Waals surface area contributed by atoms with Crippen molar-refractivity contribution >= 4 is 23.1 Å². The van der Waals surface area contributed by atoms with Crippen LogP contribution in [0.2, 0.25) is 0 Å². The van der Waals surface area contributed by atoms with Crippen LogP contribution in [0.5, 0.6) is 0 Å². The van der Waals surface area contributed by atoms with E-state index in [1.165, 1.54) is 0 Å². The van der Waals surface area contributed by atoms with Gasteiger partial charge in [0.15, 0.2) is 0 Å². The lowest BCUT2D eigenvalue weighted by Gasteiger charge is -2.32. The minimum Gasteiger partial charge on any atom is -0.368 e. The van der Waals surface area contributed by atoms with Crippen molar-refractivity contribution < 1.29 is 9.59 Å². The maximum atomic E-state index is 11.6. The number of anilines is 2. The van der Waals surface area contributed by atoms with E-state index in [0.717, 1.165) is 18.8 Å². The van der Waals surface area contributed by atoms with Gasteiger partial charge in [0.2, 0.25) is 0 Å². The predicted octanol–water partition coefficient (Wildman–Crippen LogP) is 1.60. The van der Waals surface area contributed by atoms with Crippen molar-refractivity contribution in [2.24, 2.45) is 0 Å². The lowest BCUT2D eigenvalue weighted by Crippen LogP contribution is -2.40. The molecule has 0 saturated carbocycles. The number of benzene rings is 1. The molecule has 1 atom stereocenters. The number of fused-ring (bicyclic) bond motifs is 1. The maximum Gasteiger partial charge on any atom is 0.296 e. The molecule has 0 aromatic heterocycles. The van der Waals surface area contributed by atoms with Gasteiger partial charge in [-0.1, -0.05) is 0 Å². The number of nitrogens with zero attached hydrogens (tertiary/aromatic N) is 2. The van der Waals surface area contributed by atoms with E-state index in [4.69, 9.17) is 0 Å². The number of hydrogen-bond acceptors (Lipinski definition) is 4. The molecule has 0 radical (unpaired) electrons. The summed E-state index contributed by atoms with van der Waals surface area (Å²) in [6.45, 7) is 6.08. The molecule has 2 rings (SSSR count). The third-order valence-corrected chi connectivity index (χ3v) is 3.54. The van der Waals surface area contributed by atoms with Gasteiger partial charge in [0, 0.05) is 24.8 Å². The SMILES string of the molecule is CCN(c1ccc2c(c1)NC(=O)C2=O)C(C)CN(C)C. The monoisotopic (exact) mass is 275 g/mol. The average molecular weight is 275 g/mol. The quantitative estimate of drug-likeness (QED) is 0.829. The first-order valence-electron chi connectivity index (χ1n) is 6.85. The minimum absolute atomic E-state index is 0.348. The van der Waals surface area contributed by atoms with Crippen molar-refractivity contribution in [1.29, 1.82) is 0 Å². The third-order valence-electron chi connectivity index (χ3n) is 3.54. The number of hydrogen-bond donors (Lipinski definition) is 1. The molecule has 1 aromatic carbocycles. The van der Waals surface area contributed by atoms with E-state index in [9.17, 15) is 9.59 Å². The van der Waals surface area contributed by atoms with E-state index in [0.29, 0.717) is 17.3 Å². The van der Waals surface area contributed by atoms with E-state index < -0.39 is 11.7 Å². The van der Waals surface area contributed by atoms with Gasteiger partial charge >= 0.3 is 0 Å². The maximum absolute atomic E-state index is 11.6. The zero-order valence-electron chi connectivity index (χ0n) is 12.4. The summed E-state index contributed by atoms with van der Waals surface area (Å²) in [7, 11) is 4.10. The zero-order chi connectivity index (χ0) is 14.9. The Morgan fingerprint density at radius 3 is 2.55 bits per heavy atom. The Kier molecular flexibility index (Phi) is 4.09. The van der Waals surface area contributed by atoms with Crippen molar-refractivity contribution in [2.75, 3.05) is 37.4 Å². The van der Waals surface area contributed by atoms with Crippen LogP contribution in [0.1, 0.15) is 24.2 Å². The zero-order valence-corrected chi connectivity index (χ0v) is 12.4. The van der Waals surface area contributed by atoms with Crippen molar-refractivity contribution in [3.8, 4) is 0 Å². The van der Waals surface area contributed by atoms with Crippen molar-refractivity contribution in [3.63, 3.8) is 0 Å². The van der Waals surface area contributed by atoms with Crippen LogP contribution < -0.4 is 10.2 Å². The van der Waals surface area contributed by atoms with Crippen LogP contribution in [-0.4, -0.2) is 49.8 Å². The Morgan fingerprint density at radius 1 is 1.25 bits per heavy atom. The second-order valence-corrected chi connectivity index (χ2v) is 5.41. The fourth-order valence-corrected chi connectivity index (χ4v) is 2.69. The summed E-state index contributed by atoms with van der Waals surface area (Å²) in [5.74, 6) is -0.988. The average Bonchev–Trinajstić information content (AvgIpc) is 2.65. The molecule has 1 aromatic rings. The van der Waals surface area contributed by atoms with Gasteiger partial charge < -0.3 is 15.1 Å². The molecule has 5 nitrogen and oxygen atoms in total. The number of carbonyl (C=O) groups is 2. The highest BCUT2D eigenvalue weighted by atomic mass is 16.2. The Hall–Kier alpha value is -1.88. The van der Waals surface area contributed by atoms with Crippen LogP contribution in [-0.2, 0) is 4.79 Å². The first-order chi connectivity index (χ1) is 9.43. The molecule has 1 amide bonds. The number of likely N-dealkylation sites (N-methyl/N-ethyl adjacent to an activating group) is 2. The lowest BCUT2D eigenvalue weighted by atomic mass is 10.1. The largest absolute Gasteiger partial charge is 0.368 e. The standard InChI is InChI=1S/C15H21N3O2/c1-5-18(10(2)9-17(3)4)11-6-7-12-13(8-11)16-15(20)14(12)19/h6-8,10H,5,9H2,1-4H3,(H,16,19,20). The van der Waals surface area contributed by atoms with Gasteiger partial charge in [-0.2, -0.15) is 0 Å². The molecule has 1 unspecified atom stereocenters. The number of Topliss-reactive ketones (excluding diaryl/α,β-unsaturated/α-hetero) is 1. The van der Waals surface area contributed by atoms with E-state index >= 15 is 0 Å². The highest BCUT2D eigenvalue weighted by Gasteiger charge is 2.28. The molecule has 5 heteroatoms. The molecular formula is C15H21N3O2. The highest BCUT2D eigenvalue weighted by molar-refractivity contribution is 6.51. The van der Waals surface area contributed by atoms with Gasteiger partial charge in [0.05, 0.1) is 11.3 Å². The summed E-state index contributed by atoms with van der Waals surface area (Å²) < 4.78 is 0. The lowest BCUT2D eigenvalue weighted by molar-refractivity contribution is -0.112. The molecular weight excluding hydrogens is 254 g/mol. The number of ketones is 1. The van der Waals surface area contributed by atoms with Crippen LogP contribution in [0, 0.1) is 0 Å². The number of carbonyl (C=O) groups excluding carboxylic acids is 2. The van der Waals surface area contributed by atoms with Gasteiger partial charge in [-0.3, -0.25) is 9.59 Å². The molecule has 0 aliphatic carbocycles. The summed E-state index contributed by atoms with van der Waals surface area (Å²) in [6, 6.07) is 5.87. The molecule has 1 aliphatic rings. The van der Waals surface area contributed by atoms with Crippen molar-refractivity contribution in [1.82, 2.24) is 4.90 Å². The Morgan fingerprint density at radius 2 is 1.95 bits per heavy atom. The van der Waals surface area contributed by atoms with Crippen LogP contribution in [0.25, 0.3) is 0 Å². The molecule has 0 saturated heterocycles. The summed E-state index contributed by atoms with van der Waals surface area (Å²) in [4.78, 5) is 27.4. The molecule has 0 spiro atoms. The summed E-state index contributed by atoms with van der Waals surface area (Å²) >= 11 is 0. The van der Waals surface area contributed by atoms with Gasteiger partial charge in [-0.25, -0.2) is 0 Å². The smallest absolute Gasteiger partial charge is 0.296 e. The van der Waals surface area contributed by atoms with E-state index in [-0.39, 0.29) is 0 Å². The third kappa shape index (κ3) is 2.67. The summed E-state index contributed by atoms with van der Waals surface area (Å²) in [5, 5.41) is 2.62. The summed E-state index contributed by atoms with van der Waals surface area (Å²) in [5.41, 5.74) is 2.11. The van der Waals surface area contributed by atoms with Crippen LogP contribution in [0.3, 0.4) is 0 Å².